The minimum absolute atomic E-state index is 0.0999. The zero-order chi connectivity index (χ0) is 13.0. The first-order valence-electron chi connectivity index (χ1n) is 5.72. The van der Waals surface area contributed by atoms with Crippen molar-refractivity contribution in [1.29, 1.82) is 0 Å². The van der Waals surface area contributed by atoms with Gasteiger partial charge in [0.2, 0.25) is 0 Å². The Labute approximate surface area is 104 Å². The number of H-pyrrole nitrogens is 1. The van der Waals surface area contributed by atoms with E-state index in [1.165, 1.54) is 6.07 Å². The van der Waals surface area contributed by atoms with E-state index < -0.39 is 0 Å². The van der Waals surface area contributed by atoms with Gasteiger partial charge in [0, 0.05) is 23.9 Å². The third kappa shape index (κ3) is 2.75. The molecule has 2 aromatic rings. The lowest BCUT2D eigenvalue weighted by atomic mass is 10.1. The largest absolute Gasteiger partial charge is 0.395 e. The van der Waals surface area contributed by atoms with Crippen LogP contribution in [0.25, 0.3) is 11.3 Å². The van der Waals surface area contributed by atoms with E-state index in [1.807, 2.05) is 25.1 Å². The average Bonchev–Trinajstić information content (AvgIpc) is 2.38. The maximum absolute atomic E-state index is 10.9. The number of hydrogen-bond donors (Lipinski definition) is 3. The predicted octanol–water partition coefficient (Wildman–Crippen LogP) is 1.15. The molecule has 0 aliphatic carbocycles. The van der Waals surface area contributed by atoms with E-state index in [0.717, 1.165) is 22.5 Å². The third-order valence-electron chi connectivity index (χ3n) is 2.63. The molecule has 2 rings (SSSR count). The maximum Gasteiger partial charge on any atom is 0.264 e. The van der Waals surface area contributed by atoms with Gasteiger partial charge in [-0.15, -0.1) is 0 Å². The van der Waals surface area contributed by atoms with Crippen LogP contribution in [0.4, 0.5) is 5.69 Å². The van der Waals surface area contributed by atoms with Gasteiger partial charge in [-0.2, -0.15) is 5.10 Å². The van der Waals surface area contributed by atoms with E-state index in [-0.39, 0.29) is 12.2 Å². The Morgan fingerprint density at radius 3 is 2.78 bits per heavy atom. The van der Waals surface area contributed by atoms with Crippen LogP contribution in [0.2, 0.25) is 0 Å². The number of aryl methyl sites for hydroxylation is 1. The molecule has 94 valence electrons. The number of benzene rings is 1. The normalized spacial score (nSPS) is 10.3. The van der Waals surface area contributed by atoms with Crippen LogP contribution in [0.15, 0.2) is 35.1 Å². The zero-order valence-electron chi connectivity index (χ0n) is 10.1. The highest BCUT2D eigenvalue weighted by Gasteiger charge is 2.03. The van der Waals surface area contributed by atoms with Gasteiger partial charge in [0.25, 0.3) is 5.56 Å². The first-order chi connectivity index (χ1) is 8.70. The quantitative estimate of drug-likeness (QED) is 0.755. The van der Waals surface area contributed by atoms with Gasteiger partial charge in [0.1, 0.15) is 0 Å². The van der Waals surface area contributed by atoms with E-state index >= 15 is 0 Å². The molecule has 0 fully saturated rings. The Bertz CT molecular complexity index is 573. The van der Waals surface area contributed by atoms with Crippen LogP contribution in [0.1, 0.15) is 5.56 Å². The summed E-state index contributed by atoms with van der Waals surface area (Å²) < 4.78 is 0. The Morgan fingerprint density at radius 1 is 1.33 bits per heavy atom. The van der Waals surface area contributed by atoms with Crippen LogP contribution in [0.3, 0.4) is 0 Å². The summed E-state index contributed by atoms with van der Waals surface area (Å²) in [7, 11) is 0. The van der Waals surface area contributed by atoms with Gasteiger partial charge in [-0.25, -0.2) is 5.10 Å². The number of rotatable bonds is 4. The molecule has 0 saturated carbocycles. The SMILES string of the molecule is Cc1cc(-c2ccc(=O)[nH]n2)ccc1NCCO. The van der Waals surface area contributed by atoms with E-state index in [2.05, 4.69) is 15.5 Å². The van der Waals surface area contributed by atoms with Crippen molar-refractivity contribution in [3.63, 3.8) is 0 Å². The Kier molecular flexibility index (Phi) is 3.74. The van der Waals surface area contributed by atoms with E-state index in [4.69, 9.17) is 5.11 Å². The number of nitrogens with zero attached hydrogens (tertiary/aromatic N) is 1. The summed E-state index contributed by atoms with van der Waals surface area (Å²) in [5, 5.41) is 18.3. The molecular weight excluding hydrogens is 230 g/mol. The zero-order valence-corrected chi connectivity index (χ0v) is 10.1. The summed E-state index contributed by atoms with van der Waals surface area (Å²) in [6.45, 7) is 2.61. The molecular formula is C13H15N3O2. The van der Waals surface area contributed by atoms with Crippen LogP contribution in [0.5, 0.6) is 0 Å². The molecule has 0 aliphatic rings. The molecule has 0 aliphatic heterocycles. The standard InChI is InChI=1S/C13H15N3O2/c1-9-8-10(2-3-11(9)14-6-7-17)12-4-5-13(18)16-15-12/h2-5,8,14,17H,6-7H2,1H3,(H,16,18). The Morgan fingerprint density at radius 2 is 2.17 bits per heavy atom. The van der Waals surface area contributed by atoms with Crippen molar-refractivity contribution in [1.82, 2.24) is 10.2 Å². The van der Waals surface area contributed by atoms with Gasteiger partial charge in [0.05, 0.1) is 12.3 Å². The molecule has 1 heterocycles. The molecule has 18 heavy (non-hydrogen) atoms. The molecule has 5 nitrogen and oxygen atoms in total. The van der Waals surface area contributed by atoms with Crippen molar-refractivity contribution in [2.75, 3.05) is 18.5 Å². The summed E-state index contributed by atoms with van der Waals surface area (Å²) in [5.74, 6) is 0. The third-order valence-corrected chi connectivity index (χ3v) is 2.63. The first-order valence-corrected chi connectivity index (χ1v) is 5.72. The highest BCUT2D eigenvalue weighted by Crippen LogP contribution is 2.22. The molecule has 0 radical (unpaired) electrons. The number of aromatic amines is 1. The Hall–Kier alpha value is -2.14. The molecule has 0 unspecified atom stereocenters. The molecule has 0 saturated heterocycles. The topological polar surface area (TPSA) is 78.0 Å². The molecule has 0 atom stereocenters. The molecule has 5 heteroatoms. The number of nitrogens with one attached hydrogen (secondary N) is 2. The minimum atomic E-state index is -0.211. The fourth-order valence-corrected chi connectivity index (χ4v) is 1.72. The first kappa shape index (κ1) is 12.3. The van der Waals surface area contributed by atoms with Crippen LogP contribution in [-0.4, -0.2) is 28.5 Å². The monoisotopic (exact) mass is 245 g/mol. The van der Waals surface area contributed by atoms with Crippen molar-refractivity contribution >= 4 is 5.69 Å². The molecule has 3 N–H and O–H groups in total. The lowest BCUT2D eigenvalue weighted by Gasteiger charge is -2.09. The van der Waals surface area contributed by atoms with Crippen LogP contribution >= 0.6 is 0 Å². The van der Waals surface area contributed by atoms with Gasteiger partial charge >= 0.3 is 0 Å². The summed E-state index contributed by atoms with van der Waals surface area (Å²) in [4.78, 5) is 10.9. The molecule has 0 spiro atoms. The second-order valence-electron chi connectivity index (χ2n) is 3.99. The second-order valence-corrected chi connectivity index (χ2v) is 3.99. The van der Waals surface area contributed by atoms with Crippen LogP contribution in [0, 0.1) is 6.92 Å². The number of hydrogen-bond acceptors (Lipinski definition) is 4. The fraction of sp³-hybridized carbons (Fsp3) is 0.231. The van der Waals surface area contributed by atoms with Gasteiger partial charge in [-0.05, 0) is 30.7 Å². The van der Waals surface area contributed by atoms with Crippen molar-refractivity contribution in [2.24, 2.45) is 0 Å². The fourth-order valence-electron chi connectivity index (χ4n) is 1.72. The van der Waals surface area contributed by atoms with Gasteiger partial charge in [0.15, 0.2) is 0 Å². The van der Waals surface area contributed by atoms with Gasteiger partial charge in [-0.3, -0.25) is 4.79 Å². The molecule has 0 amide bonds. The number of anilines is 1. The smallest absolute Gasteiger partial charge is 0.264 e. The lowest BCUT2D eigenvalue weighted by Crippen LogP contribution is -2.07. The van der Waals surface area contributed by atoms with Gasteiger partial charge in [-0.1, -0.05) is 6.07 Å². The van der Waals surface area contributed by atoms with Crippen molar-refractivity contribution in [2.45, 2.75) is 6.92 Å². The van der Waals surface area contributed by atoms with E-state index in [1.54, 1.807) is 6.07 Å². The molecule has 1 aromatic carbocycles. The predicted molar refractivity (Wildman–Crippen MR) is 70.6 cm³/mol. The summed E-state index contributed by atoms with van der Waals surface area (Å²) in [6.07, 6.45) is 0. The van der Waals surface area contributed by atoms with Gasteiger partial charge < -0.3 is 10.4 Å². The summed E-state index contributed by atoms with van der Waals surface area (Å²) in [5.41, 5.74) is 3.51. The number of aliphatic hydroxyl groups excluding tert-OH is 1. The van der Waals surface area contributed by atoms with Crippen LogP contribution in [-0.2, 0) is 0 Å². The lowest BCUT2D eigenvalue weighted by molar-refractivity contribution is 0.311. The maximum atomic E-state index is 10.9. The van der Waals surface area contributed by atoms with E-state index in [9.17, 15) is 4.79 Å². The van der Waals surface area contributed by atoms with E-state index in [0.29, 0.717) is 6.54 Å². The number of aromatic nitrogens is 2. The summed E-state index contributed by atoms with van der Waals surface area (Å²) in [6, 6.07) is 8.99. The Balaban J connectivity index is 2.28. The second kappa shape index (κ2) is 5.46. The number of aliphatic hydroxyl groups is 1. The molecule has 0 bridgehead atoms. The van der Waals surface area contributed by atoms with Crippen LogP contribution < -0.4 is 10.9 Å². The van der Waals surface area contributed by atoms with Crippen molar-refractivity contribution in [3.05, 3.63) is 46.2 Å². The summed E-state index contributed by atoms with van der Waals surface area (Å²) >= 11 is 0. The minimum Gasteiger partial charge on any atom is -0.395 e. The van der Waals surface area contributed by atoms with Crippen molar-refractivity contribution in [3.8, 4) is 11.3 Å². The highest BCUT2D eigenvalue weighted by atomic mass is 16.3. The average molecular weight is 245 g/mol. The van der Waals surface area contributed by atoms with Crippen molar-refractivity contribution < 1.29 is 5.11 Å². The highest BCUT2D eigenvalue weighted by molar-refractivity contribution is 5.65. The molecule has 1 aromatic heterocycles.